The van der Waals surface area contributed by atoms with Gasteiger partial charge in [0.1, 0.15) is 5.00 Å². The van der Waals surface area contributed by atoms with Crippen LogP contribution in [0, 0.1) is 0 Å². The molecule has 0 aromatic carbocycles. The second-order valence-corrected chi connectivity index (χ2v) is 7.69. The van der Waals surface area contributed by atoms with E-state index in [2.05, 4.69) is 10.2 Å². The molecule has 0 bridgehead atoms. The van der Waals surface area contributed by atoms with Crippen molar-refractivity contribution in [2.24, 2.45) is 11.5 Å². The van der Waals surface area contributed by atoms with Crippen molar-refractivity contribution in [2.75, 3.05) is 38.2 Å². The number of anilines is 1. The summed E-state index contributed by atoms with van der Waals surface area (Å²) >= 11 is 1.33. The van der Waals surface area contributed by atoms with Gasteiger partial charge >= 0.3 is 6.03 Å². The Hall–Kier alpha value is -2.43. The van der Waals surface area contributed by atoms with Gasteiger partial charge in [0.2, 0.25) is 0 Å². The molecule has 3 heterocycles. The minimum atomic E-state index is -0.711. The van der Waals surface area contributed by atoms with Crippen molar-refractivity contribution >= 4 is 28.3 Å². The molecule has 9 nitrogen and oxygen atoms in total. The third-order valence-electron chi connectivity index (χ3n) is 4.93. The molecule has 1 saturated heterocycles. The molecule has 0 saturated carbocycles. The maximum atomic E-state index is 11.9. The third kappa shape index (κ3) is 3.55. The zero-order valence-corrected chi connectivity index (χ0v) is 15.7. The monoisotopic (exact) mass is 390 g/mol. The van der Waals surface area contributed by atoms with E-state index in [1.54, 1.807) is 0 Å². The summed E-state index contributed by atoms with van der Waals surface area (Å²) < 4.78 is 7.34. The molecule has 4 rings (SSSR count). The van der Waals surface area contributed by atoms with Gasteiger partial charge in [0.05, 0.1) is 31.0 Å². The Morgan fingerprint density at radius 1 is 1.22 bits per heavy atom. The lowest BCUT2D eigenvalue weighted by molar-refractivity contribution is 0.0359. The quantitative estimate of drug-likeness (QED) is 0.690. The second-order valence-electron chi connectivity index (χ2n) is 6.67. The Balaban J connectivity index is 1.60. The van der Waals surface area contributed by atoms with E-state index in [1.165, 1.54) is 11.3 Å². The van der Waals surface area contributed by atoms with Crippen LogP contribution in [0.3, 0.4) is 0 Å². The number of aromatic nitrogens is 2. The number of rotatable bonds is 5. The molecular weight excluding hydrogens is 368 g/mol. The number of nitrogens with two attached hydrogens (primary N) is 2. The molecule has 1 fully saturated rings. The van der Waals surface area contributed by atoms with Crippen LogP contribution in [0.1, 0.15) is 21.6 Å². The zero-order valence-electron chi connectivity index (χ0n) is 14.9. The number of morpholine rings is 1. The highest BCUT2D eigenvalue weighted by atomic mass is 32.1. The number of carbonyl (C=O) groups excluding carboxylic acids is 2. The molecule has 0 atom stereocenters. The number of nitrogens with zero attached hydrogens (tertiary/aromatic N) is 3. The molecule has 2 aliphatic rings. The summed E-state index contributed by atoms with van der Waals surface area (Å²) in [6.45, 7) is 5.16. The summed E-state index contributed by atoms with van der Waals surface area (Å²) in [4.78, 5) is 26.5. The van der Waals surface area contributed by atoms with Crippen LogP contribution in [0.5, 0.6) is 0 Å². The fourth-order valence-corrected chi connectivity index (χ4v) is 4.93. The fourth-order valence-electron chi connectivity index (χ4n) is 3.64. The van der Waals surface area contributed by atoms with Gasteiger partial charge in [-0.25, -0.2) is 4.79 Å². The summed E-state index contributed by atoms with van der Waals surface area (Å²) in [5, 5.41) is 7.66. The fraction of sp³-hybridized carbons (Fsp3) is 0.471. The first-order valence-electron chi connectivity index (χ1n) is 8.91. The van der Waals surface area contributed by atoms with E-state index in [1.807, 2.05) is 10.9 Å². The number of ether oxygens (including phenoxy) is 1. The Morgan fingerprint density at radius 3 is 2.70 bits per heavy atom. The van der Waals surface area contributed by atoms with E-state index < -0.39 is 11.9 Å². The Labute approximate surface area is 160 Å². The van der Waals surface area contributed by atoms with Crippen LogP contribution < -0.4 is 16.8 Å². The van der Waals surface area contributed by atoms with Gasteiger partial charge in [0, 0.05) is 36.3 Å². The molecule has 27 heavy (non-hydrogen) atoms. The van der Waals surface area contributed by atoms with E-state index in [0.717, 1.165) is 67.5 Å². The van der Waals surface area contributed by atoms with Gasteiger partial charge in [0.25, 0.3) is 5.91 Å². The van der Waals surface area contributed by atoms with Crippen LogP contribution in [0.15, 0.2) is 6.20 Å². The highest BCUT2D eigenvalue weighted by Crippen LogP contribution is 2.44. The topological polar surface area (TPSA) is 128 Å². The molecule has 0 unspecified atom stereocenters. The Bertz CT molecular complexity index is 884. The van der Waals surface area contributed by atoms with E-state index in [0.29, 0.717) is 17.0 Å². The van der Waals surface area contributed by atoms with Gasteiger partial charge in [-0.05, 0) is 18.4 Å². The summed E-state index contributed by atoms with van der Waals surface area (Å²) in [7, 11) is 0. The normalized spacial score (nSPS) is 16.6. The van der Waals surface area contributed by atoms with Crippen molar-refractivity contribution in [3.63, 3.8) is 0 Å². The molecule has 2 aromatic heterocycles. The van der Waals surface area contributed by atoms with Crippen LogP contribution in [0.2, 0.25) is 0 Å². The molecule has 144 valence electrons. The van der Waals surface area contributed by atoms with Gasteiger partial charge in [0.15, 0.2) is 0 Å². The predicted octanol–water partition coefficient (Wildman–Crippen LogP) is 0.632. The number of hydrogen-bond donors (Lipinski definition) is 3. The van der Waals surface area contributed by atoms with Crippen LogP contribution >= 0.6 is 11.3 Å². The Kier molecular flexibility index (Phi) is 4.85. The molecule has 1 aliphatic carbocycles. The first-order chi connectivity index (χ1) is 13.0. The molecule has 1 aliphatic heterocycles. The van der Waals surface area contributed by atoms with E-state index in [-0.39, 0.29) is 0 Å². The smallest absolute Gasteiger partial charge is 0.317 e. The summed E-state index contributed by atoms with van der Waals surface area (Å²) in [5.74, 6) is -0.556. The van der Waals surface area contributed by atoms with Gasteiger partial charge in [-0.15, -0.1) is 11.3 Å². The number of amides is 3. The molecule has 10 heteroatoms. The predicted molar refractivity (Wildman–Crippen MR) is 102 cm³/mol. The van der Waals surface area contributed by atoms with Gasteiger partial charge in [-0.1, -0.05) is 0 Å². The highest BCUT2D eigenvalue weighted by Gasteiger charge is 2.29. The van der Waals surface area contributed by atoms with Gasteiger partial charge in [-0.3, -0.25) is 19.7 Å². The average molecular weight is 390 g/mol. The second kappa shape index (κ2) is 7.29. The van der Waals surface area contributed by atoms with Crippen LogP contribution in [-0.4, -0.2) is 59.5 Å². The van der Waals surface area contributed by atoms with Crippen LogP contribution in [-0.2, 0) is 24.1 Å². The molecule has 5 N–H and O–H groups in total. The van der Waals surface area contributed by atoms with Crippen molar-refractivity contribution in [3.8, 4) is 10.4 Å². The number of nitrogens with one attached hydrogen (secondary N) is 1. The Morgan fingerprint density at radius 2 is 2.00 bits per heavy atom. The highest BCUT2D eigenvalue weighted by molar-refractivity contribution is 7.20. The first kappa shape index (κ1) is 18.0. The van der Waals surface area contributed by atoms with Gasteiger partial charge < -0.3 is 16.2 Å². The lowest BCUT2D eigenvalue weighted by atomic mass is 9.94. The minimum absolute atomic E-state index is 0.362. The number of hydrogen-bond acceptors (Lipinski definition) is 6. The molecule has 3 amide bonds. The van der Waals surface area contributed by atoms with Crippen molar-refractivity contribution in [1.82, 2.24) is 14.7 Å². The lowest BCUT2D eigenvalue weighted by Crippen LogP contribution is -2.38. The van der Waals surface area contributed by atoms with E-state index >= 15 is 0 Å². The van der Waals surface area contributed by atoms with Crippen molar-refractivity contribution in [3.05, 3.63) is 23.0 Å². The maximum Gasteiger partial charge on any atom is 0.317 e. The maximum absolute atomic E-state index is 11.9. The summed E-state index contributed by atoms with van der Waals surface area (Å²) in [5.41, 5.74) is 14.0. The molecule has 0 radical (unpaired) electrons. The van der Waals surface area contributed by atoms with Crippen molar-refractivity contribution < 1.29 is 14.3 Å². The molecule has 0 spiro atoms. The van der Waals surface area contributed by atoms with Crippen LogP contribution in [0.4, 0.5) is 9.80 Å². The number of fused-ring (bicyclic) bond motifs is 3. The third-order valence-corrected chi connectivity index (χ3v) is 6.11. The number of primary amides is 2. The first-order valence-corrected chi connectivity index (χ1v) is 9.73. The number of urea groups is 1. The largest absolute Gasteiger partial charge is 0.379 e. The standard InChI is InChI=1S/C17H22N6O3S/c18-15(24)13-10-1-2-12-11(14(10)27-16(13)20-17(19)25)9-23(21-12)4-3-22-5-7-26-8-6-22/h9H,1-8H2,(H2,18,24)(H3,19,20,25). The van der Waals surface area contributed by atoms with E-state index in [9.17, 15) is 9.59 Å². The molecule has 2 aromatic rings. The summed E-state index contributed by atoms with van der Waals surface area (Å²) in [6, 6.07) is -0.711. The number of thiophene rings is 1. The summed E-state index contributed by atoms with van der Waals surface area (Å²) in [6.07, 6.45) is 3.42. The minimum Gasteiger partial charge on any atom is -0.379 e. The number of carbonyl (C=O) groups is 2. The molecular formula is C17H22N6O3S. The van der Waals surface area contributed by atoms with Gasteiger partial charge in [-0.2, -0.15) is 5.10 Å². The van der Waals surface area contributed by atoms with Crippen molar-refractivity contribution in [2.45, 2.75) is 19.4 Å². The van der Waals surface area contributed by atoms with Crippen molar-refractivity contribution in [1.29, 1.82) is 0 Å². The average Bonchev–Trinajstić information content (AvgIpc) is 3.20. The van der Waals surface area contributed by atoms with E-state index in [4.69, 9.17) is 21.3 Å². The number of aryl methyl sites for hydroxylation is 1. The SMILES string of the molecule is NC(=O)Nc1sc2c(c1C(N)=O)CCc1nn(CCN3CCOCC3)cc1-2. The van der Waals surface area contributed by atoms with Crippen LogP contribution in [0.25, 0.3) is 10.4 Å². The zero-order chi connectivity index (χ0) is 19.0. The lowest BCUT2D eigenvalue weighted by Gasteiger charge is -2.26.